The smallest absolute Gasteiger partial charge is 0.110 e. The van der Waals surface area contributed by atoms with Gasteiger partial charge in [0.05, 0.1) is 6.04 Å². The minimum Gasteiger partial charge on any atom is -0.303 e. The highest BCUT2D eigenvalue weighted by Gasteiger charge is 2.09. The van der Waals surface area contributed by atoms with E-state index in [1.54, 1.807) is 11.3 Å². The second-order valence-electron chi connectivity index (χ2n) is 5.10. The summed E-state index contributed by atoms with van der Waals surface area (Å²) in [5.41, 5.74) is 3.69. The van der Waals surface area contributed by atoms with Crippen LogP contribution in [0.25, 0.3) is 11.1 Å². The van der Waals surface area contributed by atoms with E-state index in [2.05, 4.69) is 64.4 Å². The monoisotopic (exact) mass is 314 g/mol. The Morgan fingerprint density at radius 3 is 2.62 bits per heavy atom. The molecule has 0 bridgehead atoms. The lowest BCUT2D eigenvalue weighted by Gasteiger charge is -2.09. The molecule has 0 aliphatic carbocycles. The summed E-state index contributed by atoms with van der Waals surface area (Å²) in [6.45, 7) is 5.10. The lowest BCUT2D eigenvalue weighted by Crippen LogP contribution is -2.17. The standard InChI is InChI=1S/C17H18N2S2/c1-12-10-21-17(19-12)13(2)18-9-16-8-15(11-20-16)14-6-4-3-5-7-14/h3-8,10-11,13,18H,9H2,1-2H3. The maximum absolute atomic E-state index is 4.54. The molecule has 0 spiro atoms. The van der Waals surface area contributed by atoms with Crippen LogP contribution in [0.5, 0.6) is 0 Å². The van der Waals surface area contributed by atoms with Gasteiger partial charge in [-0.25, -0.2) is 4.98 Å². The molecule has 21 heavy (non-hydrogen) atoms. The number of nitrogens with one attached hydrogen (secondary N) is 1. The predicted molar refractivity (Wildman–Crippen MR) is 91.9 cm³/mol. The van der Waals surface area contributed by atoms with Crippen LogP contribution in [0.15, 0.2) is 47.2 Å². The fourth-order valence-electron chi connectivity index (χ4n) is 2.17. The van der Waals surface area contributed by atoms with Gasteiger partial charge in [-0.1, -0.05) is 30.3 Å². The molecule has 0 aliphatic heterocycles. The molecule has 108 valence electrons. The first-order chi connectivity index (χ1) is 10.2. The van der Waals surface area contributed by atoms with Gasteiger partial charge in [-0.15, -0.1) is 22.7 Å². The van der Waals surface area contributed by atoms with Crippen molar-refractivity contribution < 1.29 is 0 Å². The number of aromatic nitrogens is 1. The van der Waals surface area contributed by atoms with Crippen LogP contribution >= 0.6 is 22.7 Å². The first-order valence-corrected chi connectivity index (χ1v) is 8.76. The van der Waals surface area contributed by atoms with Crippen molar-refractivity contribution in [3.05, 3.63) is 62.7 Å². The van der Waals surface area contributed by atoms with Crippen molar-refractivity contribution in [2.24, 2.45) is 0 Å². The van der Waals surface area contributed by atoms with Crippen LogP contribution in [0.4, 0.5) is 0 Å². The van der Waals surface area contributed by atoms with Gasteiger partial charge in [0.15, 0.2) is 0 Å². The van der Waals surface area contributed by atoms with Crippen molar-refractivity contribution in [1.82, 2.24) is 10.3 Å². The summed E-state index contributed by atoms with van der Waals surface area (Å²) >= 11 is 3.53. The lowest BCUT2D eigenvalue weighted by atomic mass is 10.1. The summed E-state index contributed by atoms with van der Waals surface area (Å²) in [7, 11) is 0. The topological polar surface area (TPSA) is 24.9 Å². The normalized spacial score (nSPS) is 12.5. The van der Waals surface area contributed by atoms with Crippen LogP contribution in [0.1, 0.15) is 28.5 Å². The van der Waals surface area contributed by atoms with Crippen LogP contribution in [0.2, 0.25) is 0 Å². The molecule has 0 aliphatic rings. The Hall–Kier alpha value is -1.49. The average molecular weight is 314 g/mol. The molecule has 1 atom stereocenters. The summed E-state index contributed by atoms with van der Waals surface area (Å²) in [4.78, 5) is 5.89. The highest BCUT2D eigenvalue weighted by molar-refractivity contribution is 7.10. The van der Waals surface area contributed by atoms with Crippen molar-refractivity contribution in [1.29, 1.82) is 0 Å². The van der Waals surface area contributed by atoms with Crippen LogP contribution < -0.4 is 5.32 Å². The molecular formula is C17H18N2S2. The Kier molecular flexibility index (Phi) is 4.48. The van der Waals surface area contributed by atoms with Gasteiger partial charge in [0.25, 0.3) is 0 Å². The molecule has 0 amide bonds. The molecule has 2 nitrogen and oxygen atoms in total. The number of rotatable bonds is 5. The van der Waals surface area contributed by atoms with Crippen LogP contribution in [-0.2, 0) is 6.54 Å². The summed E-state index contributed by atoms with van der Waals surface area (Å²) in [5.74, 6) is 0. The molecule has 1 N–H and O–H groups in total. The summed E-state index contributed by atoms with van der Waals surface area (Å²) in [5, 5.41) is 9.04. The highest BCUT2D eigenvalue weighted by atomic mass is 32.1. The zero-order valence-electron chi connectivity index (χ0n) is 12.2. The van der Waals surface area contributed by atoms with Crippen molar-refractivity contribution in [2.75, 3.05) is 0 Å². The summed E-state index contributed by atoms with van der Waals surface area (Å²) < 4.78 is 0. The number of thiazole rings is 1. The van der Waals surface area contributed by atoms with Crippen molar-refractivity contribution in [3.63, 3.8) is 0 Å². The van der Waals surface area contributed by atoms with Crippen LogP contribution in [-0.4, -0.2) is 4.98 Å². The molecule has 1 aromatic carbocycles. The van der Waals surface area contributed by atoms with E-state index in [-0.39, 0.29) is 0 Å². The Morgan fingerprint density at radius 1 is 1.10 bits per heavy atom. The molecule has 1 unspecified atom stereocenters. The molecule has 2 aromatic heterocycles. The van der Waals surface area contributed by atoms with Crippen molar-refractivity contribution in [3.8, 4) is 11.1 Å². The molecular weight excluding hydrogens is 296 g/mol. The van der Waals surface area contributed by atoms with Gasteiger partial charge in [0.1, 0.15) is 5.01 Å². The minimum atomic E-state index is 0.297. The largest absolute Gasteiger partial charge is 0.303 e. The number of benzene rings is 1. The first kappa shape index (κ1) is 14.4. The van der Waals surface area contributed by atoms with Gasteiger partial charge in [-0.2, -0.15) is 0 Å². The van der Waals surface area contributed by atoms with E-state index in [4.69, 9.17) is 0 Å². The molecule has 4 heteroatoms. The molecule has 0 radical (unpaired) electrons. The molecule has 3 rings (SSSR count). The molecule has 0 fully saturated rings. The molecule has 3 aromatic rings. The lowest BCUT2D eigenvalue weighted by molar-refractivity contribution is 0.575. The fourth-order valence-corrected chi connectivity index (χ4v) is 3.84. The van der Waals surface area contributed by atoms with E-state index in [0.29, 0.717) is 6.04 Å². The molecule has 2 heterocycles. The Balaban J connectivity index is 1.63. The molecule has 0 saturated carbocycles. The van der Waals surface area contributed by atoms with Gasteiger partial charge < -0.3 is 5.32 Å². The van der Waals surface area contributed by atoms with Crippen molar-refractivity contribution >= 4 is 22.7 Å². The van der Waals surface area contributed by atoms with E-state index < -0.39 is 0 Å². The number of hydrogen-bond acceptors (Lipinski definition) is 4. The number of thiophene rings is 1. The van der Waals surface area contributed by atoms with E-state index >= 15 is 0 Å². The Bertz CT molecular complexity index is 700. The highest BCUT2D eigenvalue weighted by Crippen LogP contribution is 2.26. The Morgan fingerprint density at radius 2 is 1.90 bits per heavy atom. The zero-order valence-corrected chi connectivity index (χ0v) is 13.8. The van der Waals surface area contributed by atoms with Gasteiger partial charge in [-0.05, 0) is 36.4 Å². The zero-order chi connectivity index (χ0) is 14.7. The average Bonchev–Trinajstić information content (AvgIpc) is 3.15. The van der Waals surface area contributed by atoms with E-state index in [1.165, 1.54) is 16.0 Å². The third-order valence-electron chi connectivity index (χ3n) is 3.35. The fraction of sp³-hybridized carbons (Fsp3) is 0.235. The van der Waals surface area contributed by atoms with Crippen LogP contribution in [0.3, 0.4) is 0 Å². The predicted octanol–water partition coefficient (Wildman–Crippen LogP) is 5.03. The van der Waals surface area contributed by atoms with E-state index in [9.17, 15) is 0 Å². The van der Waals surface area contributed by atoms with Gasteiger partial charge in [0.2, 0.25) is 0 Å². The number of aryl methyl sites for hydroxylation is 1. The van der Waals surface area contributed by atoms with Crippen LogP contribution in [0, 0.1) is 6.92 Å². The minimum absolute atomic E-state index is 0.297. The van der Waals surface area contributed by atoms with Gasteiger partial charge in [-0.3, -0.25) is 0 Å². The second-order valence-corrected chi connectivity index (χ2v) is 6.98. The third-order valence-corrected chi connectivity index (χ3v) is 5.43. The third kappa shape index (κ3) is 3.59. The van der Waals surface area contributed by atoms with Gasteiger partial charge >= 0.3 is 0 Å². The summed E-state index contributed by atoms with van der Waals surface area (Å²) in [6, 6.07) is 13.1. The Labute approximate surface area is 133 Å². The quantitative estimate of drug-likeness (QED) is 0.714. The van der Waals surface area contributed by atoms with Gasteiger partial charge in [0, 0.05) is 22.5 Å². The maximum Gasteiger partial charge on any atom is 0.110 e. The number of hydrogen-bond donors (Lipinski definition) is 1. The second kappa shape index (κ2) is 6.52. The van der Waals surface area contributed by atoms with E-state index in [1.807, 2.05) is 18.3 Å². The SMILES string of the molecule is Cc1csc(C(C)NCc2cc(-c3ccccc3)cs2)n1. The first-order valence-electron chi connectivity index (χ1n) is 7.00. The molecule has 0 saturated heterocycles. The maximum atomic E-state index is 4.54. The van der Waals surface area contributed by atoms with E-state index in [0.717, 1.165) is 17.2 Å². The van der Waals surface area contributed by atoms with Crippen molar-refractivity contribution in [2.45, 2.75) is 26.4 Å². The number of nitrogens with zero attached hydrogens (tertiary/aromatic N) is 1. The summed E-state index contributed by atoms with van der Waals surface area (Å²) in [6.07, 6.45) is 0.